The van der Waals surface area contributed by atoms with Gasteiger partial charge in [0.25, 0.3) is 0 Å². The third kappa shape index (κ3) is 3.93. The third-order valence-corrected chi connectivity index (χ3v) is 3.42. The summed E-state index contributed by atoms with van der Waals surface area (Å²) in [5, 5.41) is 3.67. The normalized spacial score (nSPS) is 19.0. The minimum atomic E-state index is 0.723. The van der Waals surface area contributed by atoms with E-state index in [0.717, 1.165) is 12.6 Å². The first-order valence-electron chi connectivity index (χ1n) is 6.57. The number of aromatic nitrogens is 1. The van der Waals surface area contributed by atoms with Crippen LogP contribution in [0.3, 0.4) is 0 Å². The highest BCUT2D eigenvalue weighted by Crippen LogP contribution is 2.17. The molecule has 1 saturated carbocycles. The van der Waals surface area contributed by atoms with Crippen LogP contribution in [0.4, 0.5) is 0 Å². The lowest BCUT2D eigenvalue weighted by Crippen LogP contribution is -2.29. The predicted molar refractivity (Wildman–Crippen MR) is 67.2 cm³/mol. The summed E-state index contributed by atoms with van der Waals surface area (Å²) in [6.07, 6.45) is 13.6. The molecule has 0 unspecified atom stereocenters. The van der Waals surface area contributed by atoms with Gasteiger partial charge in [0, 0.05) is 25.0 Å². The van der Waals surface area contributed by atoms with Crippen molar-refractivity contribution in [1.82, 2.24) is 10.3 Å². The zero-order valence-electron chi connectivity index (χ0n) is 9.99. The van der Waals surface area contributed by atoms with Crippen molar-refractivity contribution in [1.29, 1.82) is 0 Å². The smallest absolute Gasteiger partial charge is 0.0312 e. The summed E-state index contributed by atoms with van der Waals surface area (Å²) in [4.78, 5) is 4.14. The second-order valence-corrected chi connectivity index (χ2v) is 4.78. The highest BCUT2D eigenvalue weighted by atomic mass is 14.9. The standard InChI is InChI=1S/C14H22N2/c1-2-4-8-14(9-5-3-1)16-12-13-7-6-10-15-11-13/h6-7,10-11,14,16H,1-5,8-9,12H2. The fourth-order valence-electron chi connectivity index (χ4n) is 2.43. The van der Waals surface area contributed by atoms with E-state index in [4.69, 9.17) is 0 Å². The fraction of sp³-hybridized carbons (Fsp3) is 0.643. The SMILES string of the molecule is c1cncc(CNC2CCCCCCC2)c1. The molecule has 0 amide bonds. The molecule has 0 spiro atoms. The van der Waals surface area contributed by atoms with Gasteiger partial charge in [0.05, 0.1) is 0 Å². The Balaban J connectivity index is 1.75. The largest absolute Gasteiger partial charge is 0.310 e. The molecule has 0 aliphatic heterocycles. The van der Waals surface area contributed by atoms with E-state index in [0.29, 0.717) is 0 Å². The van der Waals surface area contributed by atoms with Gasteiger partial charge in [-0.05, 0) is 24.5 Å². The van der Waals surface area contributed by atoms with Gasteiger partial charge in [-0.2, -0.15) is 0 Å². The molecule has 0 atom stereocenters. The third-order valence-electron chi connectivity index (χ3n) is 3.42. The van der Waals surface area contributed by atoms with Crippen LogP contribution < -0.4 is 5.32 Å². The van der Waals surface area contributed by atoms with Gasteiger partial charge in [0.2, 0.25) is 0 Å². The molecular weight excluding hydrogens is 196 g/mol. The number of hydrogen-bond acceptors (Lipinski definition) is 2. The second-order valence-electron chi connectivity index (χ2n) is 4.78. The molecule has 2 nitrogen and oxygen atoms in total. The molecule has 88 valence electrons. The average Bonchev–Trinajstić information content (AvgIpc) is 2.29. The first-order chi connectivity index (χ1) is 7.95. The first kappa shape index (κ1) is 11.6. The van der Waals surface area contributed by atoms with Crippen molar-refractivity contribution in [2.24, 2.45) is 0 Å². The second kappa shape index (κ2) is 6.64. The summed E-state index contributed by atoms with van der Waals surface area (Å²) in [7, 11) is 0. The van der Waals surface area contributed by atoms with Gasteiger partial charge in [-0.3, -0.25) is 4.98 Å². The topological polar surface area (TPSA) is 24.9 Å². The number of nitrogens with one attached hydrogen (secondary N) is 1. The summed E-state index contributed by atoms with van der Waals surface area (Å²) < 4.78 is 0. The summed E-state index contributed by atoms with van der Waals surface area (Å²) >= 11 is 0. The molecular formula is C14H22N2. The summed E-state index contributed by atoms with van der Waals surface area (Å²) in [5.74, 6) is 0. The van der Waals surface area contributed by atoms with E-state index in [1.165, 1.54) is 50.5 Å². The molecule has 0 aromatic carbocycles. The molecule has 16 heavy (non-hydrogen) atoms. The van der Waals surface area contributed by atoms with Crippen LogP contribution >= 0.6 is 0 Å². The molecule has 1 N–H and O–H groups in total. The zero-order valence-corrected chi connectivity index (χ0v) is 9.99. The number of rotatable bonds is 3. The molecule has 1 aromatic rings. The van der Waals surface area contributed by atoms with Crippen LogP contribution in [0.1, 0.15) is 50.5 Å². The minimum absolute atomic E-state index is 0.723. The molecule has 0 bridgehead atoms. The molecule has 1 aliphatic carbocycles. The molecule has 1 aromatic heterocycles. The van der Waals surface area contributed by atoms with Gasteiger partial charge < -0.3 is 5.32 Å². The van der Waals surface area contributed by atoms with Gasteiger partial charge in [0.1, 0.15) is 0 Å². The average molecular weight is 218 g/mol. The molecule has 1 aliphatic rings. The van der Waals surface area contributed by atoms with Gasteiger partial charge in [-0.25, -0.2) is 0 Å². The number of hydrogen-bond donors (Lipinski definition) is 1. The molecule has 0 saturated heterocycles. The maximum atomic E-state index is 4.14. The van der Waals surface area contributed by atoms with Crippen LogP contribution in [0.5, 0.6) is 0 Å². The van der Waals surface area contributed by atoms with Crippen molar-refractivity contribution in [3.05, 3.63) is 30.1 Å². The molecule has 2 rings (SSSR count). The Bertz CT molecular complexity index is 276. The van der Waals surface area contributed by atoms with E-state index >= 15 is 0 Å². The van der Waals surface area contributed by atoms with Crippen molar-refractivity contribution >= 4 is 0 Å². The van der Waals surface area contributed by atoms with Crippen molar-refractivity contribution in [2.75, 3.05) is 0 Å². The fourth-order valence-corrected chi connectivity index (χ4v) is 2.43. The van der Waals surface area contributed by atoms with Crippen molar-refractivity contribution in [3.8, 4) is 0 Å². The summed E-state index contributed by atoms with van der Waals surface area (Å²) in [6.45, 7) is 0.971. The molecule has 0 radical (unpaired) electrons. The van der Waals surface area contributed by atoms with Gasteiger partial charge in [-0.1, -0.05) is 38.2 Å². The van der Waals surface area contributed by atoms with Crippen LogP contribution in [0, 0.1) is 0 Å². The van der Waals surface area contributed by atoms with E-state index in [9.17, 15) is 0 Å². The lowest BCUT2D eigenvalue weighted by atomic mass is 9.96. The van der Waals surface area contributed by atoms with Crippen molar-refractivity contribution in [3.63, 3.8) is 0 Å². The predicted octanol–water partition coefficient (Wildman–Crippen LogP) is 3.28. The van der Waals surface area contributed by atoms with Crippen molar-refractivity contribution in [2.45, 2.75) is 57.5 Å². The number of nitrogens with zero attached hydrogens (tertiary/aromatic N) is 1. The lowest BCUT2D eigenvalue weighted by Gasteiger charge is -2.21. The van der Waals surface area contributed by atoms with Crippen LogP contribution in [0.25, 0.3) is 0 Å². The Hall–Kier alpha value is -0.890. The van der Waals surface area contributed by atoms with Gasteiger partial charge in [0.15, 0.2) is 0 Å². The Kier molecular flexibility index (Phi) is 4.81. The highest BCUT2D eigenvalue weighted by Gasteiger charge is 2.10. The van der Waals surface area contributed by atoms with E-state index in [1.807, 2.05) is 18.5 Å². The lowest BCUT2D eigenvalue weighted by molar-refractivity contribution is 0.389. The zero-order chi connectivity index (χ0) is 11.1. The quantitative estimate of drug-likeness (QED) is 0.842. The van der Waals surface area contributed by atoms with E-state index < -0.39 is 0 Å². The summed E-state index contributed by atoms with van der Waals surface area (Å²) in [5.41, 5.74) is 1.30. The number of pyridine rings is 1. The van der Waals surface area contributed by atoms with Gasteiger partial charge >= 0.3 is 0 Å². The highest BCUT2D eigenvalue weighted by molar-refractivity contribution is 5.07. The van der Waals surface area contributed by atoms with Crippen LogP contribution in [0.15, 0.2) is 24.5 Å². The van der Waals surface area contributed by atoms with Crippen LogP contribution in [-0.4, -0.2) is 11.0 Å². The Morgan fingerprint density at radius 1 is 1.12 bits per heavy atom. The maximum absolute atomic E-state index is 4.14. The van der Waals surface area contributed by atoms with Crippen molar-refractivity contribution < 1.29 is 0 Å². The van der Waals surface area contributed by atoms with Gasteiger partial charge in [-0.15, -0.1) is 0 Å². The molecule has 2 heteroatoms. The van der Waals surface area contributed by atoms with E-state index in [2.05, 4.69) is 16.4 Å². The molecule has 1 fully saturated rings. The van der Waals surface area contributed by atoms with Crippen LogP contribution in [0.2, 0.25) is 0 Å². The Labute approximate surface area is 98.5 Å². The first-order valence-corrected chi connectivity index (χ1v) is 6.57. The van der Waals surface area contributed by atoms with E-state index in [1.54, 1.807) is 0 Å². The summed E-state index contributed by atoms with van der Waals surface area (Å²) in [6, 6.07) is 4.87. The molecule has 1 heterocycles. The minimum Gasteiger partial charge on any atom is -0.310 e. The Morgan fingerprint density at radius 2 is 1.88 bits per heavy atom. The van der Waals surface area contributed by atoms with E-state index in [-0.39, 0.29) is 0 Å². The monoisotopic (exact) mass is 218 g/mol. The van der Waals surface area contributed by atoms with Crippen LogP contribution in [-0.2, 0) is 6.54 Å². The maximum Gasteiger partial charge on any atom is 0.0312 e. The Morgan fingerprint density at radius 3 is 2.56 bits per heavy atom.